The van der Waals surface area contributed by atoms with E-state index in [9.17, 15) is 4.79 Å². The Balaban J connectivity index is 2.24. The fourth-order valence-corrected chi connectivity index (χ4v) is 2.05. The molecule has 4 nitrogen and oxygen atoms in total. The van der Waals surface area contributed by atoms with Gasteiger partial charge in [-0.3, -0.25) is 4.79 Å². The number of rotatable bonds is 5. The summed E-state index contributed by atoms with van der Waals surface area (Å²) in [6.07, 6.45) is 4.21. The molecule has 0 radical (unpaired) electrons. The summed E-state index contributed by atoms with van der Waals surface area (Å²) in [6, 6.07) is 4.20. The van der Waals surface area contributed by atoms with E-state index in [4.69, 9.17) is 0 Å². The first kappa shape index (κ1) is 12.9. The number of anilines is 1. The number of hydrogen-bond acceptors (Lipinski definition) is 3. The van der Waals surface area contributed by atoms with Gasteiger partial charge in [-0.15, -0.1) is 0 Å². The topological polar surface area (TPSA) is 45.2 Å². The molecule has 1 fully saturated rings. The first-order chi connectivity index (χ1) is 8.65. The summed E-state index contributed by atoms with van der Waals surface area (Å²) < 4.78 is 0. The first-order valence-electron chi connectivity index (χ1n) is 6.61. The third-order valence-electron chi connectivity index (χ3n) is 3.30. The molecule has 2 rings (SSSR count). The Morgan fingerprint density at radius 1 is 1.50 bits per heavy atom. The maximum atomic E-state index is 12.3. The molecule has 1 aliphatic rings. The highest BCUT2D eigenvalue weighted by molar-refractivity contribution is 5.95. The Labute approximate surface area is 108 Å². The fourth-order valence-electron chi connectivity index (χ4n) is 2.05. The van der Waals surface area contributed by atoms with E-state index in [1.807, 2.05) is 31.1 Å². The van der Waals surface area contributed by atoms with Crippen molar-refractivity contribution >= 4 is 11.7 Å². The summed E-state index contributed by atoms with van der Waals surface area (Å²) in [4.78, 5) is 18.6. The van der Waals surface area contributed by atoms with Crippen molar-refractivity contribution in [3.63, 3.8) is 0 Å². The van der Waals surface area contributed by atoms with Crippen LogP contribution in [0.4, 0.5) is 5.82 Å². The molecule has 1 amide bonds. The van der Waals surface area contributed by atoms with Crippen LogP contribution in [0.2, 0.25) is 0 Å². The Hall–Kier alpha value is -1.58. The van der Waals surface area contributed by atoms with Crippen LogP contribution in [0.1, 0.15) is 42.2 Å². The van der Waals surface area contributed by atoms with Crippen molar-refractivity contribution < 1.29 is 4.79 Å². The lowest BCUT2D eigenvalue weighted by molar-refractivity contribution is 0.0785. The number of nitrogens with one attached hydrogen (secondary N) is 1. The van der Waals surface area contributed by atoms with Gasteiger partial charge in [-0.05, 0) is 31.4 Å². The van der Waals surface area contributed by atoms with E-state index in [0.29, 0.717) is 6.04 Å². The maximum Gasteiger partial charge on any atom is 0.254 e. The van der Waals surface area contributed by atoms with Crippen LogP contribution in [-0.4, -0.2) is 35.9 Å². The lowest BCUT2D eigenvalue weighted by Crippen LogP contribution is -2.29. The minimum absolute atomic E-state index is 0.105. The average molecular weight is 247 g/mol. The van der Waals surface area contributed by atoms with Crippen LogP contribution < -0.4 is 5.32 Å². The molecule has 1 saturated carbocycles. The predicted molar refractivity (Wildman–Crippen MR) is 72.9 cm³/mol. The molecule has 0 unspecified atom stereocenters. The highest BCUT2D eigenvalue weighted by atomic mass is 16.2. The van der Waals surface area contributed by atoms with Crippen molar-refractivity contribution in [3.05, 3.63) is 23.4 Å². The number of pyridine rings is 1. The van der Waals surface area contributed by atoms with Gasteiger partial charge in [-0.25, -0.2) is 4.98 Å². The van der Waals surface area contributed by atoms with E-state index in [2.05, 4.69) is 17.2 Å². The van der Waals surface area contributed by atoms with Crippen LogP contribution in [-0.2, 0) is 6.42 Å². The molecule has 0 aliphatic heterocycles. The second kappa shape index (κ2) is 5.38. The number of amides is 1. The van der Waals surface area contributed by atoms with E-state index in [0.717, 1.165) is 42.8 Å². The lowest BCUT2D eigenvalue weighted by atomic mass is 10.1. The van der Waals surface area contributed by atoms with Gasteiger partial charge in [0.2, 0.25) is 0 Å². The fraction of sp³-hybridized carbons (Fsp3) is 0.571. The summed E-state index contributed by atoms with van der Waals surface area (Å²) in [5, 5.41) is 3.02. The predicted octanol–water partition coefficient (Wildman–Crippen LogP) is 2.31. The quantitative estimate of drug-likeness (QED) is 0.868. The standard InChI is InChI=1S/C14H21N3O/c1-4-5-11-8-10(9-13(15-2)16-11)14(18)17(3)12-6-7-12/h8-9,12H,4-7H2,1-3H3,(H,15,16). The molecule has 0 saturated heterocycles. The third kappa shape index (κ3) is 2.81. The molecule has 18 heavy (non-hydrogen) atoms. The van der Waals surface area contributed by atoms with Crippen LogP contribution in [0, 0.1) is 0 Å². The number of hydrogen-bond donors (Lipinski definition) is 1. The summed E-state index contributed by atoms with van der Waals surface area (Å²) in [6.45, 7) is 2.12. The summed E-state index contributed by atoms with van der Waals surface area (Å²) in [5.41, 5.74) is 1.73. The molecule has 0 bridgehead atoms. The van der Waals surface area contributed by atoms with Crippen molar-refractivity contribution in [2.75, 3.05) is 19.4 Å². The molecule has 4 heteroatoms. The third-order valence-corrected chi connectivity index (χ3v) is 3.30. The van der Waals surface area contributed by atoms with Gasteiger partial charge in [0.25, 0.3) is 5.91 Å². The highest BCUT2D eigenvalue weighted by Gasteiger charge is 2.30. The SMILES string of the molecule is CCCc1cc(C(=O)N(C)C2CC2)cc(NC)n1. The molecule has 1 aromatic heterocycles. The van der Waals surface area contributed by atoms with Gasteiger partial charge in [0.1, 0.15) is 5.82 Å². The molecule has 1 aromatic rings. The number of nitrogens with zero attached hydrogens (tertiary/aromatic N) is 2. The normalized spacial score (nSPS) is 14.4. The molecule has 0 aromatic carbocycles. The van der Waals surface area contributed by atoms with Crippen LogP contribution in [0.25, 0.3) is 0 Å². The van der Waals surface area contributed by atoms with Gasteiger partial charge in [-0.2, -0.15) is 0 Å². The number of carbonyl (C=O) groups is 1. The monoisotopic (exact) mass is 247 g/mol. The second-order valence-corrected chi connectivity index (χ2v) is 4.88. The Morgan fingerprint density at radius 3 is 2.78 bits per heavy atom. The second-order valence-electron chi connectivity index (χ2n) is 4.88. The van der Waals surface area contributed by atoms with E-state index in [1.165, 1.54) is 0 Å². The van der Waals surface area contributed by atoms with Gasteiger partial charge in [-0.1, -0.05) is 13.3 Å². The zero-order valence-corrected chi connectivity index (χ0v) is 11.4. The zero-order valence-electron chi connectivity index (χ0n) is 11.4. The van der Waals surface area contributed by atoms with Gasteiger partial charge >= 0.3 is 0 Å². The molecule has 1 heterocycles. The number of aryl methyl sites for hydroxylation is 1. The average Bonchev–Trinajstić information content (AvgIpc) is 3.21. The van der Waals surface area contributed by atoms with E-state index in [1.54, 1.807) is 0 Å². The van der Waals surface area contributed by atoms with Crippen molar-refractivity contribution in [3.8, 4) is 0 Å². The molecule has 1 aliphatic carbocycles. The molecule has 1 N–H and O–H groups in total. The lowest BCUT2D eigenvalue weighted by Gasteiger charge is -2.17. The van der Waals surface area contributed by atoms with Crippen LogP contribution in [0.3, 0.4) is 0 Å². The van der Waals surface area contributed by atoms with Gasteiger partial charge in [0, 0.05) is 31.4 Å². The Kier molecular flexibility index (Phi) is 3.84. The van der Waals surface area contributed by atoms with Gasteiger partial charge in [0.15, 0.2) is 0 Å². The van der Waals surface area contributed by atoms with Gasteiger partial charge in [0.05, 0.1) is 0 Å². The Bertz CT molecular complexity index is 441. The molecule has 0 spiro atoms. The highest BCUT2D eigenvalue weighted by Crippen LogP contribution is 2.27. The van der Waals surface area contributed by atoms with Crippen molar-refractivity contribution in [2.24, 2.45) is 0 Å². The molecule has 0 atom stereocenters. The van der Waals surface area contributed by atoms with Crippen LogP contribution in [0.15, 0.2) is 12.1 Å². The van der Waals surface area contributed by atoms with Gasteiger partial charge < -0.3 is 10.2 Å². The Morgan fingerprint density at radius 2 is 2.22 bits per heavy atom. The van der Waals surface area contributed by atoms with Crippen LogP contribution >= 0.6 is 0 Å². The largest absolute Gasteiger partial charge is 0.373 e. The molecular weight excluding hydrogens is 226 g/mol. The van der Waals surface area contributed by atoms with Crippen molar-refractivity contribution in [1.29, 1.82) is 0 Å². The molecule has 98 valence electrons. The summed E-state index contributed by atoms with van der Waals surface area (Å²) in [7, 11) is 3.72. The smallest absolute Gasteiger partial charge is 0.254 e. The maximum absolute atomic E-state index is 12.3. The summed E-state index contributed by atoms with van der Waals surface area (Å²) >= 11 is 0. The number of carbonyl (C=O) groups excluding carboxylic acids is 1. The minimum Gasteiger partial charge on any atom is -0.373 e. The zero-order chi connectivity index (χ0) is 13.1. The first-order valence-corrected chi connectivity index (χ1v) is 6.61. The molecular formula is C14H21N3O. The van der Waals surface area contributed by atoms with Crippen LogP contribution in [0.5, 0.6) is 0 Å². The van der Waals surface area contributed by atoms with Crippen molar-refractivity contribution in [1.82, 2.24) is 9.88 Å². The summed E-state index contributed by atoms with van der Waals surface area (Å²) in [5.74, 6) is 0.877. The number of aromatic nitrogens is 1. The van der Waals surface area contributed by atoms with E-state index >= 15 is 0 Å². The minimum atomic E-state index is 0.105. The van der Waals surface area contributed by atoms with E-state index < -0.39 is 0 Å². The van der Waals surface area contributed by atoms with E-state index in [-0.39, 0.29) is 5.91 Å². The van der Waals surface area contributed by atoms with Crippen molar-refractivity contribution in [2.45, 2.75) is 38.6 Å².